The molecule has 1 N–H and O–H groups in total. The van der Waals surface area contributed by atoms with E-state index in [0.29, 0.717) is 12.5 Å². The van der Waals surface area contributed by atoms with Gasteiger partial charge in [0, 0.05) is 6.54 Å². The van der Waals surface area contributed by atoms with Crippen LogP contribution in [0.5, 0.6) is 5.75 Å². The summed E-state index contributed by atoms with van der Waals surface area (Å²) in [7, 11) is 4.26. The molecule has 0 aliphatic heterocycles. The summed E-state index contributed by atoms with van der Waals surface area (Å²) in [5.41, 5.74) is 2.52. The lowest BCUT2D eigenvalue weighted by Gasteiger charge is -2.29. The van der Waals surface area contributed by atoms with Gasteiger partial charge in [0.1, 0.15) is 5.75 Å². The smallest absolute Gasteiger partial charge is 0.275 e. The van der Waals surface area contributed by atoms with E-state index in [4.69, 9.17) is 4.74 Å². The zero-order valence-electron chi connectivity index (χ0n) is 18.1. The van der Waals surface area contributed by atoms with Gasteiger partial charge in [0.05, 0.1) is 27.2 Å². The van der Waals surface area contributed by atoms with E-state index >= 15 is 0 Å². The number of hydrogen-bond donors (Lipinski definition) is 1. The normalized spacial score (nSPS) is 11.2. The predicted octanol–water partition coefficient (Wildman–Crippen LogP) is 1.27. The summed E-state index contributed by atoms with van der Waals surface area (Å²) in [6.45, 7) is 11.7. The molecule has 0 spiro atoms. The summed E-state index contributed by atoms with van der Waals surface area (Å²) in [4.78, 5) is 11.9. The third-order valence-corrected chi connectivity index (χ3v) is 4.69. The van der Waals surface area contributed by atoms with Gasteiger partial charge < -0.3 is 31.5 Å². The van der Waals surface area contributed by atoms with Gasteiger partial charge in [-0.25, -0.2) is 0 Å². The second-order valence-corrected chi connectivity index (χ2v) is 8.26. The second kappa shape index (κ2) is 13.2. The SMILES string of the molecule is CCCNC(=O)C[N+](C)(C)CCCCCOc1cc(C(C)C)ccc1C.[Br-]. The summed E-state index contributed by atoms with van der Waals surface area (Å²) in [6.07, 6.45) is 4.27. The van der Waals surface area contributed by atoms with E-state index in [9.17, 15) is 4.79 Å². The molecule has 0 saturated carbocycles. The molecular weight excluding hydrogens is 404 g/mol. The van der Waals surface area contributed by atoms with E-state index in [2.05, 4.69) is 65.3 Å². The van der Waals surface area contributed by atoms with Gasteiger partial charge in [0.25, 0.3) is 5.91 Å². The number of hydrogen-bond acceptors (Lipinski definition) is 2. The van der Waals surface area contributed by atoms with Crippen molar-refractivity contribution in [3.05, 3.63) is 29.3 Å². The fourth-order valence-electron chi connectivity index (χ4n) is 2.92. The lowest BCUT2D eigenvalue weighted by atomic mass is 10.0. The molecule has 0 heterocycles. The van der Waals surface area contributed by atoms with Crippen molar-refractivity contribution in [3.63, 3.8) is 0 Å². The van der Waals surface area contributed by atoms with Crippen LogP contribution in [-0.2, 0) is 4.79 Å². The number of nitrogens with one attached hydrogen (secondary N) is 1. The highest BCUT2D eigenvalue weighted by molar-refractivity contribution is 5.76. The first-order valence-corrected chi connectivity index (χ1v) is 10.1. The average Bonchev–Trinajstić information content (AvgIpc) is 2.56. The van der Waals surface area contributed by atoms with Crippen molar-refractivity contribution < 1.29 is 31.0 Å². The molecule has 0 aliphatic carbocycles. The Balaban J connectivity index is 0.00000676. The number of aryl methyl sites for hydroxylation is 1. The predicted molar refractivity (Wildman–Crippen MR) is 110 cm³/mol. The van der Waals surface area contributed by atoms with Gasteiger partial charge in [0.15, 0.2) is 6.54 Å². The topological polar surface area (TPSA) is 38.3 Å². The summed E-state index contributed by atoms with van der Waals surface area (Å²) < 4.78 is 6.74. The zero-order valence-corrected chi connectivity index (χ0v) is 19.7. The lowest BCUT2D eigenvalue weighted by Crippen LogP contribution is -3.00. The van der Waals surface area contributed by atoms with Gasteiger partial charge in [-0.05, 0) is 55.7 Å². The third kappa shape index (κ3) is 10.7. The molecular formula is C22H39BrN2O2. The number of likely N-dealkylation sites (N-methyl/N-ethyl adjacent to an activating group) is 1. The Morgan fingerprint density at radius 3 is 2.52 bits per heavy atom. The van der Waals surface area contributed by atoms with Crippen LogP contribution in [0.2, 0.25) is 0 Å². The van der Waals surface area contributed by atoms with Crippen LogP contribution in [0.25, 0.3) is 0 Å². The van der Waals surface area contributed by atoms with Gasteiger partial charge in [0.2, 0.25) is 0 Å². The van der Waals surface area contributed by atoms with E-state index in [-0.39, 0.29) is 22.9 Å². The van der Waals surface area contributed by atoms with E-state index in [1.807, 2.05) is 0 Å². The lowest BCUT2D eigenvalue weighted by molar-refractivity contribution is -0.882. The monoisotopic (exact) mass is 442 g/mol. The van der Waals surface area contributed by atoms with Crippen molar-refractivity contribution in [2.24, 2.45) is 0 Å². The quantitative estimate of drug-likeness (QED) is 0.391. The molecule has 0 aliphatic rings. The molecule has 0 radical (unpaired) electrons. The van der Waals surface area contributed by atoms with Crippen LogP contribution < -0.4 is 27.0 Å². The van der Waals surface area contributed by atoms with Crippen LogP contribution in [0.4, 0.5) is 0 Å². The molecule has 156 valence electrons. The minimum Gasteiger partial charge on any atom is -1.00 e. The standard InChI is InChI=1S/C22H38N2O2.BrH/c1-7-13-23-22(25)17-24(5,6)14-9-8-10-15-26-21-16-20(18(2)3)12-11-19(21)4;/h11-12,16,18H,7-10,13-15,17H2,1-6H3;1H. The minimum absolute atomic E-state index is 0. The number of ether oxygens (including phenoxy) is 1. The number of quaternary nitrogens is 1. The molecule has 27 heavy (non-hydrogen) atoms. The number of amides is 1. The first-order chi connectivity index (χ1) is 12.2. The van der Waals surface area contributed by atoms with Crippen molar-refractivity contribution in [3.8, 4) is 5.75 Å². The Labute approximate surface area is 177 Å². The molecule has 1 aromatic carbocycles. The first-order valence-electron chi connectivity index (χ1n) is 10.1. The maximum Gasteiger partial charge on any atom is 0.275 e. The van der Waals surface area contributed by atoms with Crippen molar-refractivity contribution >= 4 is 5.91 Å². The Morgan fingerprint density at radius 2 is 1.89 bits per heavy atom. The van der Waals surface area contributed by atoms with Gasteiger partial charge in [-0.2, -0.15) is 0 Å². The number of halogens is 1. The van der Waals surface area contributed by atoms with E-state index in [0.717, 1.165) is 55.6 Å². The molecule has 0 saturated heterocycles. The van der Waals surface area contributed by atoms with Crippen molar-refractivity contribution in [2.75, 3.05) is 40.3 Å². The Morgan fingerprint density at radius 1 is 1.19 bits per heavy atom. The fraction of sp³-hybridized carbons (Fsp3) is 0.682. The van der Waals surface area contributed by atoms with Crippen molar-refractivity contribution in [2.45, 2.75) is 59.3 Å². The highest BCUT2D eigenvalue weighted by Gasteiger charge is 2.19. The number of carbonyl (C=O) groups is 1. The Kier molecular flexibility index (Phi) is 12.6. The van der Waals surface area contributed by atoms with E-state index in [1.165, 1.54) is 11.1 Å². The second-order valence-electron chi connectivity index (χ2n) is 8.26. The van der Waals surface area contributed by atoms with Crippen LogP contribution >= 0.6 is 0 Å². The molecule has 0 bridgehead atoms. The van der Waals surface area contributed by atoms with E-state index < -0.39 is 0 Å². The molecule has 0 fully saturated rings. The van der Waals surface area contributed by atoms with E-state index in [1.54, 1.807) is 0 Å². The van der Waals surface area contributed by atoms with Crippen LogP contribution in [0.15, 0.2) is 18.2 Å². The molecule has 1 aromatic rings. The van der Waals surface area contributed by atoms with Crippen LogP contribution in [0, 0.1) is 6.92 Å². The number of rotatable bonds is 12. The van der Waals surface area contributed by atoms with Gasteiger partial charge >= 0.3 is 0 Å². The van der Waals surface area contributed by atoms with Crippen LogP contribution in [-0.4, -0.2) is 50.7 Å². The summed E-state index contributed by atoms with van der Waals surface area (Å²) in [6, 6.07) is 6.51. The maximum atomic E-state index is 11.9. The minimum atomic E-state index is 0. The first kappa shape index (κ1) is 25.9. The molecule has 0 atom stereocenters. The summed E-state index contributed by atoms with van der Waals surface area (Å²) in [5, 5.41) is 2.96. The zero-order chi connectivity index (χ0) is 19.6. The van der Waals surface area contributed by atoms with Gasteiger partial charge in [-0.1, -0.05) is 32.9 Å². The highest BCUT2D eigenvalue weighted by Crippen LogP contribution is 2.24. The third-order valence-electron chi connectivity index (χ3n) is 4.69. The summed E-state index contributed by atoms with van der Waals surface area (Å²) >= 11 is 0. The molecule has 1 rings (SSSR count). The number of unbranched alkanes of at least 4 members (excludes halogenated alkanes) is 2. The van der Waals surface area contributed by atoms with Crippen molar-refractivity contribution in [1.82, 2.24) is 5.32 Å². The number of benzene rings is 1. The molecule has 1 amide bonds. The summed E-state index contributed by atoms with van der Waals surface area (Å²) in [5.74, 6) is 1.69. The Hall–Kier alpha value is -1.07. The van der Waals surface area contributed by atoms with Crippen LogP contribution in [0.3, 0.4) is 0 Å². The highest BCUT2D eigenvalue weighted by atomic mass is 79.9. The van der Waals surface area contributed by atoms with Crippen LogP contribution in [0.1, 0.15) is 63.5 Å². The Bertz CT molecular complexity index is 559. The molecule has 4 nitrogen and oxygen atoms in total. The molecule has 0 unspecified atom stereocenters. The number of nitrogens with zero attached hydrogens (tertiary/aromatic N) is 1. The van der Waals surface area contributed by atoms with Gasteiger partial charge in [-0.3, -0.25) is 4.79 Å². The number of carbonyl (C=O) groups excluding carboxylic acids is 1. The molecule has 5 heteroatoms. The fourth-order valence-corrected chi connectivity index (χ4v) is 2.92. The maximum absolute atomic E-state index is 11.9. The largest absolute Gasteiger partial charge is 1.00 e. The molecule has 0 aromatic heterocycles. The average molecular weight is 443 g/mol. The van der Waals surface area contributed by atoms with Crippen molar-refractivity contribution in [1.29, 1.82) is 0 Å². The van der Waals surface area contributed by atoms with Gasteiger partial charge in [-0.15, -0.1) is 0 Å².